The molecule has 0 fully saturated rings. The van der Waals surface area contributed by atoms with Crippen LogP contribution in [-0.2, 0) is 0 Å². The fraction of sp³-hybridized carbons (Fsp3) is 0. The van der Waals surface area contributed by atoms with E-state index in [1.165, 1.54) is 12.1 Å². The number of nitrogens with one attached hydrogen (secondary N) is 2. The molecule has 0 saturated carbocycles. The lowest BCUT2D eigenvalue weighted by molar-refractivity contribution is 0.0698. The van der Waals surface area contributed by atoms with E-state index in [0.717, 1.165) is 4.47 Å². The highest BCUT2D eigenvalue weighted by atomic mass is 79.9. The summed E-state index contributed by atoms with van der Waals surface area (Å²) in [6.45, 7) is 0. The van der Waals surface area contributed by atoms with Crippen LogP contribution >= 0.6 is 51.3 Å². The highest BCUT2D eigenvalue weighted by Crippen LogP contribution is 2.30. The van der Waals surface area contributed by atoms with Crippen LogP contribution in [0, 0.1) is 0 Å². The van der Waals surface area contributed by atoms with Gasteiger partial charge in [0.1, 0.15) is 0 Å². The number of hydrogen-bond acceptors (Lipinski definition) is 3. The topological polar surface area (TPSA) is 78.4 Å². The lowest BCUT2D eigenvalue weighted by Gasteiger charge is -2.13. The fourth-order valence-electron chi connectivity index (χ4n) is 1.79. The molecule has 0 saturated heterocycles. The van der Waals surface area contributed by atoms with E-state index < -0.39 is 11.9 Å². The second-order valence-electron chi connectivity index (χ2n) is 4.53. The predicted molar refractivity (Wildman–Crippen MR) is 101 cm³/mol. The van der Waals surface area contributed by atoms with Crippen LogP contribution in [0.4, 0.5) is 5.69 Å². The molecule has 0 bridgehead atoms. The molecule has 2 aromatic carbocycles. The zero-order valence-electron chi connectivity index (χ0n) is 11.8. The average Bonchev–Trinajstić information content (AvgIpc) is 2.50. The minimum Gasteiger partial charge on any atom is -0.478 e. The molecule has 1 amide bonds. The molecule has 3 N–H and O–H groups in total. The molecule has 0 heterocycles. The van der Waals surface area contributed by atoms with E-state index in [4.69, 9.17) is 35.4 Å². The molecule has 0 radical (unpaired) electrons. The summed E-state index contributed by atoms with van der Waals surface area (Å²) in [6.07, 6.45) is 0. The van der Waals surface area contributed by atoms with Crippen LogP contribution in [-0.4, -0.2) is 22.1 Å². The first-order valence-corrected chi connectivity index (χ1v) is 8.34. The van der Waals surface area contributed by atoms with Crippen molar-refractivity contribution in [3.8, 4) is 0 Å². The molecule has 124 valence electrons. The van der Waals surface area contributed by atoms with Crippen LogP contribution in [0.1, 0.15) is 20.7 Å². The first-order valence-electron chi connectivity index (χ1n) is 6.38. The van der Waals surface area contributed by atoms with Gasteiger partial charge in [0.25, 0.3) is 5.91 Å². The molecule has 0 atom stereocenters. The molecule has 0 aliphatic heterocycles. The molecule has 0 aliphatic rings. The number of benzene rings is 2. The molecule has 9 heteroatoms. The minimum atomic E-state index is -1.23. The van der Waals surface area contributed by atoms with Gasteiger partial charge in [-0.15, -0.1) is 0 Å². The maximum Gasteiger partial charge on any atom is 0.337 e. The van der Waals surface area contributed by atoms with Gasteiger partial charge in [-0.05, 0) is 48.6 Å². The van der Waals surface area contributed by atoms with Gasteiger partial charge >= 0.3 is 5.97 Å². The van der Waals surface area contributed by atoms with Crippen molar-refractivity contribution >= 4 is 74.0 Å². The molecule has 0 aliphatic carbocycles. The average molecular weight is 448 g/mol. The Bertz CT molecular complexity index is 828. The van der Waals surface area contributed by atoms with Crippen molar-refractivity contribution in [1.82, 2.24) is 5.32 Å². The molecule has 24 heavy (non-hydrogen) atoms. The van der Waals surface area contributed by atoms with Crippen molar-refractivity contribution < 1.29 is 14.7 Å². The van der Waals surface area contributed by atoms with E-state index in [1.807, 2.05) is 0 Å². The summed E-state index contributed by atoms with van der Waals surface area (Å²) in [5.41, 5.74) is 0.283. The first-order chi connectivity index (χ1) is 11.3. The predicted octanol–water partition coefficient (Wildman–Crippen LogP) is 4.58. The van der Waals surface area contributed by atoms with E-state index in [2.05, 4.69) is 26.6 Å². The number of hydrogen-bond donors (Lipinski definition) is 3. The van der Waals surface area contributed by atoms with Crippen LogP contribution in [0.3, 0.4) is 0 Å². The van der Waals surface area contributed by atoms with Crippen molar-refractivity contribution in [3.63, 3.8) is 0 Å². The van der Waals surface area contributed by atoms with Crippen molar-refractivity contribution in [2.45, 2.75) is 0 Å². The summed E-state index contributed by atoms with van der Waals surface area (Å²) in [5.74, 6) is -1.68. The Kier molecular flexibility index (Phi) is 6.17. The maximum absolute atomic E-state index is 12.1. The number of carboxylic acids is 1. The number of carbonyl (C=O) groups excluding carboxylic acids is 1. The van der Waals surface area contributed by atoms with Gasteiger partial charge in [-0.2, -0.15) is 0 Å². The second-order valence-corrected chi connectivity index (χ2v) is 6.70. The first kappa shape index (κ1) is 18.7. The summed E-state index contributed by atoms with van der Waals surface area (Å²) in [6, 6.07) is 9.25. The van der Waals surface area contributed by atoms with Crippen LogP contribution in [0.5, 0.6) is 0 Å². The summed E-state index contributed by atoms with van der Waals surface area (Å²) in [5, 5.41) is 14.4. The fourth-order valence-corrected chi connectivity index (χ4v) is 2.79. The van der Waals surface area contributed by atoms with Crippen molar-refractivity contribution in [2.24, 2.45) is 0 Å². The molecule has 0 aromatic heterocycles. The van der Waals surface area contributed by atoms with Gasteiger partial charge in [-0.3, -0.25) is 10.1 Å². The van der Waals surface area contributed by atoms with Gasteiger partial charge in [0.15, 0.2) is 5.11 Å². The molecule has 0 spiro atoms. The molecule has 0 unspecified atom stereocenters. The van der Waals surface area contributed by atoms with Crippen LogP contribution in [0.2, 0.25) is 10.0 Å². The number of amides is 1. The quantitative estimate of drug-likeness (QED) is 0.600. The summed E-state index contributed by atoms with van der Waals surface area (Å²) in [7, 11) is 0. The van der Waals surface area contributed by atoms with Crippen molar-refractivity contribution in [2.75, 3.05) is 5.32 Å². The minimum absolute atomic E-state index is 0.0506. The summed E-state index contributed by atoms with van der Waals surface area (Å²) in [4.78, 5) is 23.4. The lowest BCUT2D eigenvalue weighted by Crippen LogP contribution is -2.34. The molecule has 2 rings (SSSR count). The van der Waals surface area contributed by atoms with E-state index >= 15 is 0 Å². The Morgan fingerprint density at radius 2 is 1.75 bits per heavy atom. The molecular formula is C15H9BrCl2N2O3S. The zero-order valence-corrected chi connectivity index (χ0v) is 15.7. The van der Waals surface area contributed by atoms with E-state index in [-0.39, 0.29) is 26.4 Å². The Morgan fingerprint density at radius 1 is 1.12 bits per heavy atom. The standard InChI is InChI=1S/C15H9BrCl2N2O3S/c16-8-3-1-7(2-4-8)13(21)20-15(24)19-12-10(14(22)23)5-9(17)6-11(12)18/h1-6H,(H,22,23)(H2,19,20,21,24). The molecule has 5 nitrogen and oxygen atoms in total. The van der Waals surface area contributed by atoms with Gasteiger partial charge in [0.2, 0.25) is 0 Å². The molecular weight excluding hydrogens is 439 g/mol. The number of anilines is 1. The number of thiocarbonyl (C=S) groups is 1. The lowest BCUT2D eigenvalue weighted by atomic mass is 10.2. The summed E-state index contributed by atoms with van der Waals surface area (Å²) >= 11 is 20.1. The van der Waals surface area contributed by atoms with E-state index in [0.29, 0.717) is 5.56 Å². The number of halogens is 3. The third-order valence-corrected chi connectivity index (χ3v) is 4.11. The van der Waals surface area contributed by atoms with E-state index in [9.17, 15) is 14.7 Å². The normalized spacial score (nSPS) is 10.1. The number of carbonyl (C=O) groups is 2. The van der Waals surface area contributed by atoms with Gasteiger partial charge in [-0.1, -0.05) is 39.1 Å². The van der Waals surface area contributed by atoms with E-state index in [1.54, 1.807) is 24.3 Å². The number of rotatable bonds is 3. The SMILES string of the molecule is O=C(NC(=S)Nc1c(Cl)cc(Cl)cc1C(=O)O)c1ccc(Br)cc1. The highest BCUT2D eigenvalue weighted by Gasteiger charge is 2.17. The van der Waals surface area contributed by atoms with Gasteiger partial charge in [0.05, 0.1) is 16.3 Å². The van der Waals surface area contributed by atoms with Gasteiger partial charge in [0, 0.05) is 15.1 Å². The molecule has 2 aromatic rings. The van der Waals surface area contributed by atoms with Gasteiger partial charge in [-0.25, -0.2) is 4.79 Å². The third-order valence-electron chi connectivity index (χ3n) is 2.86. The Balaban J connectivity index is 2.17. The monoisotopic (exact) mass is 446 g/mol. The second kappa shape index (κ2) is 7.94. The Labute approximate surface area is 161 Å². The smallest absolute Gasteiger partial charge is 0.337 e. The van der Waals surface area contributed by atoms with Gasteiger partial charge < -0.3 is 10.4 Å². The third kappa shape index (κ3) is 4.67. The van der Waals surface area contributed by atoms with Crippen LogP contribution in [0.15, 0.2) is 40.9 Å². The number of aromatic carboxylic acids is 1. The van der Waals surface area contributed by atoms with Crippen LogP contribution < -0.4 is 10.6 Å². The van der Waals surface area contributed by atoms with Crippen molar-refractivity contribution in [1.29, 1.82) is 0 Å². The van der Waals surface area contributed by atoms with Crippen molar-refractivity contribution in [3.05, 3.63) is 62.0 Å². The number of carboxylic acid groups (broad SMARTS) is 1. The Hall–Kier alpha value is -1.67. The Morgan fingerprint density at radius 3 is 2.33 bits per heavy atom. The van der Waals surface area contributed by atoms with Crippen LogP contribution in [0.25, 0.3) is 0 Å². The highest BCUT2D eigenvalue weighted by molar-refractivity contribution is 9.10. The zero-order chi connectivity index (χ0) is 17.9. The largest absolute Gasteiger partial charge is 0.478 e. The maximum atomic E-state index is 12.1. The summed E-state index contributed by atoms with van der Waals surface area (Å²) < 4.78 is 0.832.